The van der Waals surface area contributed by atoms with E-state index in [0.29, 0.717) is 58.5 Å². The first kappa shape index (κ1) is 72.5. The standard InChI is InChI=1S/C68H82N10O20S2/c1-38-43(41-14-17-51(74-53(41)60(85)86)77-21-19-40-44(29-77)42(13-16-48(40)94-5)58(83)75-63-73-46-10-6-7-11-50(46)99-63)28-71-78(38)37-67-32-65(2)31-66(3,33-67)35-68(34-65,36-67)96-26-23-76(22-25-93-4)64(89)95-24-8-9-39-12-15-49(97-62-56(82)54(80)55(81)57(98-62)61(87)88)47(27-39)72-52(79)18-20-70-59(84)45(69)30-100(90,91)92/h6-17,27-28,45,54-57,62,80-82H,18-26,29-37,69H2,1-5H3,(H,70,84)(H,72,79)(H,85,86)(H,87,88)(H,73,75,83)(H,90,91,92)/b9-8+/t45-,54-,55-,56+,57-,62+,65?,66?,67?,68?/m0/s1. The molecule has 11 N–H and O–H groups in total. The van der Waals surface area contributed by atoms with Gasteiger partial charge in [0.05, 0.1) is 53.8 Å². The Balaban J connectivity index is 0.735. The van der Waals surface area contributed by atoms with Crippen LogP contribution in [0.25, 0.3) is 27.4 Å². The summed E-state index contributed by atoms with van der Waals surface area (Å²) in [6.07, 6.45) is -0.310. The number of methoxy groups -OCH3 is 2. The van der Waals surface area contributed by atoms with Crippen molar-refractivity contribution in [3.63, 3.8) is 0 Å². The number of anilines is 3. The number of nitrogens with two attached hydrogens (primary N) is 1. The number of para-hydroxylation sites is 1. The van der Waals surface area contributed by atoms with Crippen LogP contribution in [0.2, 0.25) is 0 Å². The van der Waals surface area contributed by atoms with Gasteiger partial charge in [-0.1, -0.05) is 49.5 Å². The summed E-state index contributed by atoms with van der Waals surface area (Å²) in [4.78, 5) is 91.3. The maximum absolute atomic E-state index is 14.0. The first-order valence-corrected chi connectivity index (χ1v) is 35.0. The van der Waals surface area contributed by atoms with Gasteiger partial charge in [0.25, 0.3) is 16.0 Å². The average Bonchev–Trinajstić information content (AvgIpc) is 0.774. The second-order valence-electron chi connectivity index (χ2n) is 27.3. The number of pyridine rings is 1. The maximum Gasteiger partial charge on any atom is 0.410 e. The van der Waals surface area contributed by atoms with Crippen molar-refractivity contribution in [2.75, 3.05) is 81.5 Å². The smallest absolute Gasteiger partial charge is 0.410 e. The van der Waals surface area contributed by atoms with E-state index in [4.69, 9.17) is 48.8 Å². The molecule has 8 atom stereocenters. The molecule has 32 heteroatoms. The molecule has 3 aromatic heterocycles. The van der Waals surface area contributed by atoms with Crippen molar-refractivity contribution in [2.24, 2.45) is 22.0 Å². The molecule has 3 aromatic carbocycles. The van der Waals surface area contributed by atoms with Crippen molar-refractivity contribution in [1.29, 1.82) is 0 Å². The SMILES string of the molecule is COCCN(CCOC12CC3(C)CC(C)(CC(Cn4ncc(-c5ccc(N6CCc7c(OC)ccc(C(=O)Nc8nc9ccccc9s8)c7C6)nc5C(=O)O)c4C)(C3)C1)C2)C(=O)OC/C=C/c1ccc(O[C@@H]2O[C@H](C(=O)O)[C@@H](O)[C@H](O)[C@H]2O)c(NC(=O)CCNC(=O)[C@@H](N)CS(=O)(=O)O)c1. The van der Waals surface area contributed by atoms with Gasteiger partial charge >= 0.3 is 18.0 Å². The van der Waals surface area contributed by atoms with E-state index in [1.807, 2.05) is 46.8 Å². The number of aliphatic hydroxyl groups is 3. The number of aromatic nitrogens is 4. The van der Waals surface area contributed by atoms with Crippen LogP contribution in [0.3, 0.4) is 0 Å². The molecule has 12 rings (SSSR count). The highest BCUT2D eigenvalue weighted by Crippen LogP contribution is 2.72. The fourth-order valence-electron chi connectivity index (χ4n) is 16.0. The number of nitrogens with zero attached hydrogens (tertiary/aromatic N) is 6. The third-order valence-electron chi connectivity index (χ3n) is 19.2. The quantitative estimate of drug-likeness (QED) is 0.0280. The summed E-state index contributed by atoms with van der Waals surface area (Å²) in [6, 6.07) is 17.4. The number of carboxylic acids is 2. The lowest BCUT2D eigenvalue weighted by molar-refractivity contribution is -0.271. The van der Waals surface area contributed by atoms with Crippen LogP contribution in [-0.4, -0.2) is 207 Å². The lowest BCUT2D eigenvalue weighted by Crippen LogP contribution is -2.64. The van der Waals surface area contributed by atoms with E-state index in [-0.39, 0.29) is 85.3 Å². The number of aliphatic carboxylic acids is 1. The van der Waals surface area contributed by atoms with Crippen molar-refractivity contribution >= 4 is 90.1 Å². The van der Waals surface area contributed by atoms with Crippen molar-refractivity contribution in [3.05, 3.63) is 113 Å². The van der Waals surface area contributed by atoms with Crippen molar-refractivity contribution in [2.45, 2.75) is 128 Å². The molecule has 536 valence electrons. The van der Waals surface area contributed by atoms with Crippen LogP contribution < -0.4 is 36.1 Å². The normalized spacial score (nSPS) is 24.9. The number of carbonyl (C=O) groups excluding carboxylic acids is 4. The predicted octanol–water partition coefficient (Wildman–Crippen LogP) is 5.25. The number of thiazole rings is 1. The molecule has 2 unspecified atom stereocenters. The topological polar surface area (TPSA) is 426 Å². The van der Waals surface area contributed by atoms with Crippen LogP contribution in [0.15, 0.2) is 79.0 Å². The minimum Gasteiger partial charge on any atom is -0.496 e. The van der Waals surface area contributed by atoms with Crippen LogP contribution >= 0.6 is 11.3 Å². The molecule has 6 aliphatic rings. The third kappa shape index (κ3) is 16.2. The monoisotopic (exact) mass is 1420 g/mol. The number of hydrogen-bond donors (Lipinski definition) is 10. The number of amides is 4. The summed E-state index contributed by atoms with van der Waals surface area (Å²) in [7, 11) is -1.47. The predicted molar refractivity (Wildman–Crippen MR) is 363 cm³/mol. The molecular weight excluding hydrogens is 1340 g/mol. The zero-order valence-electron chi connectivity index (χ0n) is 55.8. The molecule has 4 saturated carbocycles. The molecule has 2 aliphatic heterocycles. The first-order valence-electron chi connectivity index (χ1n) is 32.6. The lowest BCUT2D eigenvalue weighted by atomic mass is 9.39. The Morgan fingerprint density at radius 2 is 1.61 bits per heavy atom. The van der Waals surface area contributed by atoms with Gasteiger partial charge in [-0.3, -0.25) is 28.9 Å². The molecular formula is C68H82N10O20S2. The first-order chi connectivity index (χ1) is 47.5. The molecule has 4 amide bonds. The number of carboxylic acid groups (broad SMARTS) is 2. The van der Waals surface area contributed by atoms with Crippen LogP contribution in [-0.2, 0) is 63.0 Å². The fourth-order valence-corrected chi connectivity index (χ4v) is 17.5. The van der Waals surface area contributed by atoms with Gasteiger partial charge in [-0.15, -0.1) is 0 Å². The number of aliphatic hydroxyl groups excluding tert-OH is 3. The minimum absolute atomic E-state index is 0.0663. The van der Waals surface area contributed by atoms with E-state index < -0.39 is 94.5 Å². The Morgan fingerprint density at radius 1 is 0.870 bits per heavy atom. The third-order valence-corrected chi connectivity index (χ3v) is 20.9. The Bertz CT molecular complexity index is 4210. The number of nitrogens with one attached hydrogen (secondary N) is 3. The second kappa shape index (κ2) is 29.5. The molecule has 100 heavy (non-hydrogen) atoms. The fraction of sp³-hybridized carbons (Fsp3) is 0.485. The molecule has 30 nitrogen and oxygen atoms in total. The summed E-state index contributed by atoms with van der Waals surface area (Å²) < 4.78 is 69.4. The van der Waals surface area contributed by atoms with E-state index in [9.17, 15) is 62.7 Å². The van der Waals surface area contributed by atoms with E-state index in [2.05, 4.69) is 34.8 Å². The number of ether oxygens (including phenoxy) is 6. The van der Waals surface area contributed by atoms with Crippen LogP contribution in [0.4, 0.5) is 21.4 Å². The van der Waals surface area contributed by atoms with Gasteiger partial charge < -0.3 is 80.1 Å². The Hall–Kier alpha value is -8.70. The van der Waals surface area contributed by atoms with Gasteiger partial charge in [0.15, 0.2) is 16.9 Å². The number of hydrogen-bond acceptors (Lipinski definition) is 23. The molecule has 5 heterocycles. The number of benzene rings is 3. The Kier molecular flexibility index (Phi) is 21.4. The van der Waals surface area contributed by atoms with E-state index in [1.54, 1.807) is 37.6 Å². The largest absolute Gasteiger partial charge is 0.496 e. The van der Waals surface area contributed by atoms with Gasteiger partial charge in [-0.25, -0.2) is 24.4 Å². The zero-order valence-corrected chi connectivity index (χ0v) is 57.4. The van der Waals surface area contributed by atoms with Crippen molar-refractivity contribution in [1.82, 2.24) is 30.0 Å². The van der Waals surface area contributed by atoms with E-state index in [0.717, 1.165) is 65.6 Å². The van der Waals surface area contributed by atoms with Gasteiger partial charge in [0.2, 0.25) is 18.1 Å². The number of carbonyl (C=O) groups is 6. The summed E-state index contributed by atoms with van der Waals surface area (Å²) in [5.41, 5.74) is 9.58. The number of fused-ring (bicyclic) bond motifs is 2. The molecule has 0 spiro atoms. The highest BCUT2D eigenvalue weighted by Gasteiger charge is 2.66. The highest BCUT2D eigenvalue weighted by molar-refractivity contribution is 7.85. The van der Waals surface area contributed by atoms with Gasteiger partial charge in [0.1, 0.15) is 48.3 Å². The average molecular weight is 1420 g/mol. The summed E-state index contributed by atoms with van der Waals surface area (Å²) >= 11 is 1.38. The number of rotatable bonds is 28. The number of aromatic carboxylic acids is 1. The molecule has 0 radical (unpaired) electrons. The van der Waals surface area contributed by atoms with Crippen molar-refractivity contribution < 1.29 is 95.7 Å². The summed E-state index contributed by atoms with van der Waals surface area (Å²) in [6.45, 7) is 8.12. The molecule has 4 bridgehead atoms. The minimum atomic E-state index is -4.58. The Labute approximate surface area is 579 Å². The maximum atomic E-state index is 14.0. The second-order valence-corrected chi connectivity index (χ2v) is 29.8. The molecule has 4 aliphatic carbocycles. The highest BCUT2D eigenvalue weighted by atomic mass is 32.2. The van der Waals surface area contributed by atoms with Gasteiger partial charge in [0, 0.05) is 80.7 Å². The van der Waals surface area contributed by atoms with Crippen LogP contribution in [0.1, 0.15) is 102 Å². The molecule has 1 saturated heterocycles. The zero-order chi connectivity index (χ0) is 71.6. The van der Waals surface area contributed by atoms with E-state index in [1.165, 1.54) is 47.6 Å². The van der Waals surface area contributed by atoms with Gasteiger partial charge in [-0.2, -0.15) is 13.5 Å². The summed E-state index contributed by atoms with van der Waals surface area (Å²) in [5, 5.41) is 65.0. The molecule has 6 aromatic rings. The molecule has 5 fully saturated rings. The van der Waals surface area contributed by atoms with Gasteiger partial charge in [-0.05, 0) is 134 Å². The van der Waals surface area contributed by atoms with E-state index >= 15 is 0 Å². The summed E-state index contributed by atoms with van der Waals surface area (Å²) in [5.74, 6) is -5.04. The lowest BCUT2D eigenvalue weighted by Gasteiger charge is -2.69. The van der Waals surface area contributed by atoms with Crippen LogP contribution in [0, 0.1) is 23.2 Å². The van der Waals surface area contributed by atoms with Crippen molar-refractivity contribution in [3.8, 4) is 22.6 Å². The van der Waals surface area contributed by atoms with Crippen LogP contribution in [0.5, 0.6) is 11.5 Å². The Morgan fingerprint density at radius 3 is 2.32 bits per heavy atom.